The van der Waals surface area contributed by atoms with Gasteiger partial charge >= 0.3 is 5.97 Å². The van der Waals surface area contributed by atoms with Gasteiger partial charge in [0.05, 0.1) is 30.5 Å². The fraction of sp³-hybridized carbons (Fsp3) is 0.438. The second-order valence-corrected chi connectivity index (χ2v) is 5.90. The lowest BCUT2D eigenvalue weighted by Gasteiger charge is -2.40. The molecule has 1 fully saturated rings. The number of esters is 1. The fourth-order valence-electron chi connectivity index (χ4n) is 2.83. The molecule has 146 valence electrons. The van der Waals surface area contributed by atoms with Crippen LogP contribution >= 0.6 is 0 Å². The van der Waals surface area contributed by atoms with E-state index in [1.165, 1.54) is 24.8 Å². The Balaban J connectivity index is 1.70. The van der Waals surface area contributed by atoms with Gasteiger partial charge in [0, 0.05) is 49.3 Å². The van der Waals surface area contributed by atoms with Crippen LogP contribution in [-0.2, 0) is 4.74 Å². The zero-order valence-corrected chi connectivity index (χ0v) is 15.2. The smallest absolute Gasteiger partial charge is 0.341 e. The maximum atomic E-state index is 11.7. The van der Waals surface area contributed by atoms with E-state index in [1.807, 2.05) is 9.80 Å². The van der Waals surface area contributed by atoms with Crippen molar-refractivity contribution in [2.75, 3.05) is 42.6 Å². The van der Waals surface area contributed by atoms with Crippen LogP contribution in [0, 0.1) is 0 Å². The van der Waals surface area contributed by atoms with Gasteiger partial charge in [0.2, 0.25) is 11.9 Å². The first-order valence-corrected chi connectivity index (χ1v) is 8.65. The minimum absolute atomic E-state index is 0.112. The van der Waals surface area contributed by atoms with Crippen molar-refractivity contribution in [3.8, 4) is 0 Å². The predicted octanol–water partition coefficient (Wildman–Crippen LogP) is 1.07. The zero-order valence-electron chi connectivity index (χ0n) is 15.2. The molecule has 2 aromatic heterocycles. The van der Waals surface area contributed by atoms with Crippen molar-refractivity contribution in [2.45, 2.75) is 13.0 Å². The van der Waals surface area contributed by atoms with Crippen LogP contribution in [0.4, 0.5) is 17.6 Å². The third-order valence-corrected chi connectivity index (χ3v) is 4.17. The fourth-order valence-corrected chi connectivity index (χ4v) is 2.83. The van der Waals surface area contributed by atoms with Crippen LogP contribution in [0.3, 0.4) is 0 Å². The maximum Gasteiger partial charge on any atom is 0.341 e. The van der Waals surface area contributed by atoms with Crippen molar-refractivity contribution >= 4 is 23.6 Å². The highest BCUT2D eigenvalue weighted by molar-refractivity contribution is 5.88. The molecule has 1 saturated heterocycles. The largest absolute Gasteiger partial charge is 0.462 e. The highest BCUT2D eigenvalue weighted by Crippen LogP contribution is 2.20. The molecule has 3 heterocycles. The van der Waals surface area contributed by atoms with Gasteiger partial charge in [-0.05, 0) is 12.5 Å². The number of aromatic nitrogens is 4. The summed E-state index contributed by atoms with van der Waals surface area (Å²) in [4.78, 5) is 35.1. The van der Waals surface area contributed by atoms with Crippen LogP contribution in [0.1, 0.15) is 17.3 Å². The Kier molecular flexibility index (Phi) is 6.14. The molecule has 0 bridgehead atoms. The van der Waals surface area contributed by atoms with Gasteiger partial charge in [-0.3, -0.25) is 0 Å². The lowest BCUT2D eigenvalue weighted by atomic mass is 10.2. The number of ether oxygens (including phenoxy) is 1. The van der Waals surface area contributed by atoms with Crippen LogP contribution in [0.15, 0.2) is 29.9 Å². The first-order valence-electron chi connectivity index (χ1n) is 8.65. The number of nitrogens with zero attached hydrogens (tertiary/aromatic N) is 9. The molecule has 0 aliphatic carbocycles. The van der Waals surface area contributed by atoms with Crippen LogP contribution in [-0.4, -0.2) is 69.9 Å². The van der Waals surface area contributed by atoms with E-state index in [0.29, 0.717) is 37.2 Å². The summed E-state index contributed by atoms with van der Waals surface area (Å²) in [5.41, 5.74) is 9.05. The molecule has 1 N–H and O–H groups in total. The Labute approximate surface area is 160 Å². The van der Waals surface area contributed by atoms with Gasteiger partial charge in [-0.25, -0.2) is 24.7 Å². The molecule has 3 rings (SSSR count). The van der Waals surface area contributed by atoms with E-state index in [4.69, 9.17) is 10.3 Å². The Hall–Kier alpha value is -3.50. The second kappa shape index (κ2) is 8.93. The molecule has 1 aliphatic heterocycles. The second-order valence-electron chi connectivity index (χ2n) is 5.90. The molecular weight excluding hydrogens is 366 g/mol. The summed E-state index contributed by atoms with van der Waals surface area (Å²) in [6, 6.07) is -0.271. The Morgan fingerprint density at radius 1 is 1.25 bits per heavy atom. The molecule has 0 spiro atoms. The number of carbonyl (C=O) groups excluding carboxylic acids is 1. The highest BCUT2D eigenvalue weighted by Gasteiger charge is 2.29. The molecular formula is C16H19N9O3. The molecule has 1 atom stereocenters. The number of piperazine rings is 1. The SMILES string of the molecule is CCOC(=O)c1cnc(N2CCN(c3ncc(N=[N+]=[N-])cn3)[C@H](CO)C2)nc1. The van der Waals surface area contributed by atoms with Gasteiger partial charge in [-0.2, -0.15) is 0 Å². The first-order chi connectivity index (χ1) is 13.7. The summed E-state index contributed by atoms with van der Waals surface area (Å²) >= 11 is 0. The van der Waals surface area contributed by atoms with Crippen molar-refractivity contribution in [1.82, 2.24) is 19.9 Å². The number of aliphatic hydroxyl groups is 1. The number of rotatable bonds is 6. The number of anilines is 2. The van der Waals surface area contributed by atoms with Gasteiger partial charge in [0.25, 0.3) is 0 Å². The number of carbonyl (C=O) groups is 1. The first kappa shape index (κ1) is 19.3. The van der Waals surface area contributed by atoms with E-state index in [0.717, 1.165) is 0 Å². The van der Waals surface area contributed by atoms with Crippen molar-refractivity contribution in [2.24, 2.45) is 5.11 Å². The van der Waals surface area contributed by atoms with Crippen molar-refractivity contribution in [3.63, 3.8) is 0 Å². The Morgan fingerprint density at radius 2 is 1.93 bits per heavy atom. The lowest BCUT2D eigenvalue weighted by molar-refractivity contribution is 0.0525. The molecule has 0 saturated carbocycles. The minimum Gasteiger partial charge on any atom is -0.462 e. The molecule has 2 aromatic rings. The van der Waals surface area contributed by atoms with Gasteiger partial charge < -0.3 is 19.6 Å². The Morgan fingerprint density at radius 3 is 2.54 bits per heavy atom. The van der Waals surface area contributed by atoms with E-state index in [1.54, 1.807) is 6.92 Å². The summed E-state index contributed by atoms with van der Waals surface area (Å²) in [5.74, 6) is 0.438. The van der Waals surface area contributed by atoms with Crippen molar-refractivity contribution in [1.29, 1.82) is 0 Å². The summed E-state index contributed by atoms with van der Waals surface area (Å²) in [6.07, 6.45) is 5.72. The summed E-state index contributed by atoms with van der Waals surface area (Å²) in [7, 11) is 0. The minimum atomic E-state index is -0.464. The van der Waals surface area contributed by atoms with E-state index < -0.39 is 5.97 Å². The van der Waals surface area contributed by atoms with E-state index >= 15 is 0 Å². The number of hydrogen-bond acceptors (Lipinski definition) is 10. The summed E-state index contributed by atoms with van der Waals surface area (Å²) in [5, 5.41) is 13.3. The van der Waals surface area contributed by atoms with Crippen LogP contribution in [0.5, 0.6) is 0 Å². The van der Waals surface area contributed by atoms with Crippen LogP contribution in [0.2, 0.25) is 0 Å². The lowest BCUT2D eigenvalue weighted by Crippen LogP contribution is -2.56. The molecule has 0 radical (unpaired) electrons. The van der Waals surface area contributed by atoms with Gasteiger partial charge in [0.15, 0.2) is 0 Å². The molecule has 12 heteroatoms. The van der Waals surface area contributed by atoms with Crippen molar-refractivity contribution in [3.05, 3.63) is 40.8 Å². The number of hydrogen-bond donors (Lipinski definition) is 1. The van der Waals surface area contributed by atoms with Gasteiger partial charge in [-0.1, -0.05) is 5.11 Å². The number of azide groups is 1. The quantitative estimate of drug-likeness (QED) is 0.333. The normalized spacial score (nSPS) is 16.4. The average molecular weight is 385 g/mol. The molecule has 28 heavy (non-hydrogen) atoms. The van der Waals surface area contributed by atoms with Gasteiger partial charge in [-0.15, -0.1) is 0 Å². The third kappa shape index (κ3) is 4.24. The molecule has 1 aliphatic rings. The highest BCUT2D eigenvalue weighted by atomic mass is 16.5. The summed E-state index contributed by atoms with van der Waals surface area (Å²) < 4.78 is 4.92. The number of aliphatic hydroxyl groups excluding tert-OH is 1. The van der Waals surface area contributed by atoms with Crippen molar-refractivity contribution < 1.29 is 14.6 Å². The standard InChI is InChI=1S/C16H19N9O3/c1-2-28-14(27)11-5-18-15(19-6-11)24-3-4-25(13(9-24)10-26)16-20-7-12(8-21-16)22-23-17/h5-8,13,26H,2-4,9-10H2,1H3/t13-/m0/s1. The van der Waals surface area contributed by atoms with E-state index in [-0.39, 0.29) is 24.8 Å². The van der Waals surface area contributed by atoms with Crippen LogP contribution < -0.4 is 9.80 Å². The predicted molar refractivity (Wildman–Crippen MR) is 99.3 cm³/mol. The molecule has 0 aromatic carbocycles. The zero-order chi connectivity index (χ0) is 19.9. The topological polar surface area (TPSA) is 153 Å². The van der Waals surface area contributed by atoms with Crippen LogP contribution in [0.25, 0.3) is 10.4 Å². The van der Waals surface area contributed by atoms with Gasteiger partial charge in [0.1, 0.15) is 0 Å². The average Bonchev–Trinajstić information content (AvgIpc) is 2.74. The van der Waals surface area contributed by atoms with E-state index in [2.05, 4.69) is 30.0 Å². The Bertz CT molecular complexity index is 853. The summed E-state index contributed by atoms with van der Waals surface area (Å²) in [6.45, 7) is 3.48. The molecule has 0 amide bonds. The monoisotopic (exact) mass is 385 g/mol. The van der Waals surface area contributed by atoms with E-state index in [9.17, 15) is 9.90 Å². The molecule has 12 nitrogen and oxygen atoms in total. The molecule has 0 unspecified atom stereocenters. The maximum absolute atomic E-state index is 11.7. The third-order valence-electron chi connectivity index (χ3n) is 4.17.